The lowest BCUT2D eigenvalue weighted by molar-refractivity contribution is -0.124. The molecule has 5 heteroatoms. The molecule has 1 aliphatic carbocycles. The zero-order chi connectivity index (χ0) is 13.4. The zero-order valence-electron chi connectivity index (χ0n) is 11.4. The fourth-order valence-electron chi connectivity index (χ4n) is 2.36. The van der Waals surface area contributed by atoms with E-state index in [-0.39, 0.29) is 24.6 Å². The van der Waals surface area contributed by atoms with Gasteiger partial charge in [0.25, 0.3) is 0 Å². The second kappa shape index (κ2) is 8.45. The van der Waals surface area contributed by atoms with Crippen LogP contribution in [0.25, 0.3) is 0 Å². The van der Waals surface area contributed by atoms with Crippen LogP contribution in [0.1, 0.15) is 39.0 Å². The Morgan fingerprint density at radius 1 is 1.39 bits per heavy atom. The van der Waals surface area contributed by atoms with Crippen LogP contribution in [-0.4, -0.2) is 49.5 Å². The lowest BCUT2D eigenvalue weighted by Gasteiger charge is -2.26. The quantitative estimate of drug-likeness (QED) is 0.619. The molecule has 0 radical (unpaired) electrons. The highest BCUT2D eigenvalue weighted by atomic mass is 16.5. The maximum absolute atomic E-state index is 12.0. The smallest absolute Gasteiger partial charge is 0.237 e. The largest absolute Gasteiger partial charge is 0.395 e. The summed E-state index contributed by atoms with van der Waals surface area (Å²) in [5.41, 5.74) is 0. The summed E-state index contributed by atoms with van der Waals surface area (Å²) in [6, 6.07) is -0.174. The van der Waals surface area contributed by atoms with E-state index < -0.39 is 0 Å². The number of nitrogens with one attached hydrogen (secondary N) is 2. The molecule has 0 aromatic carbocycles. The van der Waals surface area contributed by atoms with Crippen LogP contribution < -0.4 is 10.6 Å². The van der Waals surface area contributed by atoms with E-state index in [9.17, 15) is 4.79 Å². The van der Waals surface area contributed by atoms with E-state index in [2.05, 4.69) is 10.6 Å². The van der Waals surface area contributed by atoms with Crippen molar-refractivity contribution in [3.63, 3.8) is 0 Å². The minimum Gasteiger partial charge on any atom is -0.395 e. The molecule has 18 heavy (non-hydrogen) atoms. The Morgan fingerprint density at radius 3 is 2.61 bits per heavy atom. The molecule has 1 aliphatic rings. The minimum atomic E-state index is -0.306. The van der Waals surface area contributed by atoms with Crippen LogP contribution in [0, 0.1) is 0 Å². The summed E-state index contributed by atoms with van der Waals surface area (Å²) in [7, 11) is 1.58. The van der Waals surface area contributed by atoms with Gasteiger partial charge in [-0.2, -0.15) is 0 Å². The van der Waals surface area contributed by atoms with Crippen molar-refractivity contribution in [2.75, 3.05) is 20.3 Å². The SMILES string of the molecule is COCC(CO)NC(C)C(=O)NC1CCCCC1. The molecule has 0 aromatic rings. The van der Waals surface area contributed by atoms with Crippen LogP contribution in [0.5, 0.6) is 0 Å². The molecular weight excluding hydrogens is 232 g/mol. The normalized spacial score (nSPS) is 20.4. The molecule has 3 N–H and O–H groups in total. The van der Waals surface area contributed by atoms with Gasteiger partial charge in [-0.05, 0) is 19.8 Å². The number of hydrogen-bond donors (Lipinski definition) is 3. The first-order valence-corrected chi connectivity index (χ1v) is 6.83. The Bertz CT molecular complexity index is 242. The first kappa shape index (κ1) is 15.4. The lowest BCUT2D eigenvalue weighted by atomic mass is 9.95. The van der Waals surface area contributed by atoms with Gasteiger partial charge in [-0.25, -0.2) is 0 Å². The molecule has 1 fully saturated rings. The lowest BCUT2D eigenvalue weighted by Crippen LogP contribution is -2.51. The summed E-state index contributed by atoms with van der Waals surface area (Å²) in [5.74, 6) is 0.0106. The van der Waals surface area contributed by atoms with Crippen LogP contribution in [0.3, 0.4) is 0 Å². The summed E-state index contributed by atoms with van der Waals surface area (Å²) < 4.78 is 4.97. The Morgan fingerprint density at radius 2 is 2.06 bits per heavy atom. The van der Waals surface area contributed by atoms with Crippen LogP contribution >= 0.6 is 0 Å². The first-order chi connectivity index (χ1) is 8.67. The number of methoxy groups -OCH3 is 1. The van der Waals surface area contributed by atoms with Gasteiger partial charge in [-0.15, -0.1) is 0 Å². The number of rotatable bonds is 7. The number of ether oxygens (including phenoxy) is 1. The molecule has 0 bridgehead atoms. The Balaban J connectivity index is 2.30. The van der Waals surface area contributed by atoms with Crippen molar-refractivity contribution in [3.8, 4) is 0 Å². The van der Waals surface area contributed by atoms with E-state index >= 15 is 0 Å². The van der Waals surface area contributed by atoms with Gasteiger partial charge in [-0.1, -0.05) is 19.3 Å². The van der Waals surface area contributed by atoms with Gasteiger partial charge in [0.1, 0.15) is 0 Å². The maximum atomic E-state index is 12.0. The minimum absolute atomic E-state index is 0.0106. The van der Waals surface area contributed by atoms with Gasteiger partial charge < -0.3 is 15.2 Å². The van der Waals surface area contributed by atoms with Gasteiger partial charge in [-0.3, -0.25) is 10.1 Å². The highest BCUT2D eigenvalue weighted by Crippen LogP contribution is 2.17. The third-order valence-corrected chi connectivity index (χ3v) is 3.42. The second-order valence-corrected chi connectivity index (χ2v) is 5.07. The predicted molar refractivity (Wildman–Crippen MR) is 70.4 cm³/mol. The molecule has 0 saturated heterocycles. The van der Waals surface area contributed by atoms with Crippen molar-refractivity contribution in [3.05, 3.63) is 0 Å². The summed E-state index contributed by atoms with van der Waals surface area (Å²) in [5, 5.41) is 15.3. The molecule has 1 saturated carbocycles. The Kier molecular flexibility index (Phi) is 7.23. The monoisotopic (exact) mass is 258 g/mol. The number of carbonyl (C=O) groups is 1. The third-order valence-electron chi connectivity index (χ3n) is 3.42. The molecule has 106 valence electrons. The van der Waals surface area contributed by atoms with Crippen LogP contribution in [0.15, 0.2) is 0 Å². The van der Waals surface area contributed by atoms with Crippen molar-refractivity contribution in [1.82, 2.24) is 10.6 Å². The van der Waals surface area contributed by atoms with Crippen molar-refractivity contribution in [2.24, 2.45) is 0 Å². The molecule has 2 atom stereocenters. The van der Waals surface area contributed by atoms with E-state index in [0.717, 1.165) is 12.8 Å². The molecule has 0 aromatic heterocycles. The van der Waals surface area contributed by atoms with E-state index in [4.69, 9.17) is 9.84 Å². The standard InChI is InChI=1S/C13H26N2O3/c1-10(14-12(8-16)9-18-2)13(17)15-11-6-4-3-5-7-11/h10-12,14,16H,3-9H2,1-2H3,(H,15,17). The van der Waals surface area contributed by atoms with Crippen molar-refractivity contribution in [2.45, 2.75) is 57.2 Å². The molecule has 1 amide bonds. The molecule has 5 nitrogen and oxygen atoms in total. The summed E-state index contributed by atoms with van der Waals surface area (Å²) in [6.45, 7) is 2.18. The van der Waals surface area contributed by atoms with Gasteiger partial charge in [0.2, 0.25) is 5.91 Å². The third kappa shape index (κ3) is 5.33. The van der Waals surface area contributed by atoms with Crippen molar-refractivity contribution in [1.29, 1.82) is 0 Å². The molecule has 1 rings (SSSR count). The maximum Gasteiger partial charge on any atom is 0.237 e. The summed E-state index contributed by atoms with van der Waals surface area (Å²) >= 11 is 0. The Labute approximate surface area is 109 Å². The average molecular weight is 258 g/mol. The highest BCUT2D eigenvalue weighted by molar-refractivity contribution is 5.81. The van der Waals surface area contributed by atoms with Crippen molar-refractivity contribution >= 4 is 5.91 Å². The van der Waals surface area contributed by atoms with Crippen LogP contribution in [0.2, 0.25) is 0 Å². The molecular formula is C13H26N2O3. The number of carbonyl (C=O) groups excluding carboxylic acids is 1. The average Bonchev–Trinajstić information content (AvgIpc) is 2.39. The fourth-order valence-corrected chi connectivity index (χ4v) is 2.36. The second-order valence-electron chi connectivity index (χ2n) is 5.07. The number of aliphatic hydroxyl groups excluding tert-OH is 1. The number of hydrogen-bond acceptors (Lipinski definition) is 4. The van der Waals surface area contributed by atoms with Gasteiger partial charge >= 0.3 is 0 Å². The van der Waals surface area contributed by atoms with Crippen LogP contribution in [-0.2, 0) is 9.53 Å². The van der Waals surface area contributed by atoms with Crippen molar-refractivity contribution < 1.29 is 14.6 Å². The Hall–Kier alpha value is -0.650. The van der Waals surface area contributed by atoms with Gasteiger partial charge in [0.15, 0.2) is 0 Å². The van der Waals surface area contributed by atoms with Gasteiger partial charge in [0, 0.05) is 13.2 Å². The number of amides is 1. The summed E-state index contributed by atoms with van der Waals surface area (Å²) in [6.07, 6.45) is 5.85. The highest BCUT2D eigenvalue weighted by Gasteiger charge is 2.21. The topological polar surface area (TPSA) is 70.6 Å². The summed E-state index contributed by atoms with van der Waals surface area (Å²) in [4.78, 5) is 12.0. The van der Waals surface area contributed by atoms with E-state index in [1.54, 1.807) is 7.11 Å². The predicted octanol–water partition coefficient (Wildman–Crippen LogP) is 0.421. The molecule has 0 heterocycles. The zero-order valence-corrected chi connectivity index (χ0v) is 11.4. The van der Waals surface area contributed by atoms with E-state index in [1.165, 1.54) is 19.3 Å². The molecule has 0 aliphatic heterocycles. The van der Waals surface area contributed by atoms with Crippen LogP contribution in [0.4, 0.5) is 0 Å². The first-order valence-electron chi connectivity index (χ1n) is 6.83. The molecule has 2 unspecified atom stereocenters. The van der Waals surface area contributed by atoms with E-state index in [0.29, 0.717) is 12.6 Å². The fraction of sp³-hybridized carbons (Fsp3) is 0.923. The molecule has 0 spiro atoms. The number of aliphatic hydroxyl groups is 1. The van der Waals surface area contributed by atoms with Gasteiger partial charge in [0.05, 0.1) is 25.3 Å². The van der Waals surface area contributed by atoms with E-state index in [1.807, 2.05) is 6.92 Å².